The largest absolute Gasteiger partial charge is 0.481 e. The van der Waals surface area contributed by atoms with Crippen LogP contribution in [0.4, 0.5) is 0 Å². The zero-order valence-corrected chi connectivity index (χ0v) is 20.8. The van der Waals surface area contributed by atoms with Crippen molar-refractivity contribution in [2.45, 2.75) is 64.8 Å². The van der Waals surface area contributed by atoms with Gasteiger partial charge in [-0.25, -0.2) is 0 Å². The van der Waals surface area contributed by atoms with Crippen LogP contribution in [-0.2, 0) is 14.3 Å². The summed E-state index contributed by atoms with van der Waals surface area (Å²) in [5, 5.41) is 10.2. The highest BCUT2D eigenvalue weighted by Crippen LogP contribution is 2.42. The first-order valence-electron chi connectivity index (χ1n) is 12.7. The molecular formula is C26H40N2O6. The average molecular weight is 477 g/mol. The third kappa shape index (κ3) is 6.42. The minimum atomic E-state index is -0.840. The monoisotopic (exact) mass is 476 g/mol. The van der Waals surface area contributed by atoms with Crippen LogP contribution >= 0.6 is 0 Å². The SMILES string of the molecule is CCCCN(CCCC)C(=O)CN1C[C@H](c2ccc3c(c2)OCO3)[C@H](C(=O)O)[C@H]1CCOCC. The number of nitrogens with zero attached hydrogens (tertiary/aromatic N) is 2. The van der Waals surface area contributed by atoms with Gasteiger partial charge in [-0.2, -0.15) is 0 Å². The number of ether oxygens (including phenoxy) is 3. The smallest absolute Gasteiger partial charge is 0.308 e. The van der Waals surface area contributed by atoms with Gasteiger partial charge in [0.25, 0.3) is 0 Å². The number of hydrogen-bond acceptors (Lipinski definition) is 6. The van der Waals surface area contributed by atoms with Crippen LogP contribution in [-0.4, -0.2) is 79.0 Å². The number of unbranched alkanes of at least 4 members (excludes halogenated alkanes) is 2. The van der Waals surface area contributed by atoms with Crippen LogP contribution in [0.2, 0.25) is 0 Å². The molecule has 2 heterocycles. The van der Waals surface area contributed by atoms with Crippen LogP contribution < -0.4 is 9.47 Å². The first-order valence-corrected chi connectivity index (χ1v) is 12.7. The highest BCUT2D eigenvalue weighted by Gasteiger charge is 2.47. The molecular weight excluding hydrogens is 436 g/mol. The average Bonchev–Trinajstić information content (AvgIpc) is 3.43. The molecule has 2 aliphatic heterocycles. The molecule has 1 aromatic rings. The van der Waals surface area contributed by atoms with Crippen molar-refractivity contribution >= 4 is 11.9 Å². The molecule has 3 atom stereocenters. The molecule has 0 aliphatic carbocycles. The molecule has 1 N–H and O–H groups in total. The zero-order chi connectivity index (χ0) is 24.5. The third-order valence-electron chi connectivity index (χ3n) is 6.87. The van der Waals surface area contributed by atoms with Crippen LogP contribution in [0.15, 0.2) is 18.2 Å². The molecule has 1 saturated heterocycles. The Hall–Kier alpha value is -2.32. The Labute approximate surface area is 203 Å². The Balaban J connectivity index is 1.82. The van der Waals surface area contributed by atoms with E-state index in [1.54, 1.807) is 0 Å². The van der Waals surface area contributed by atoms with Gasteiger partial charge < -0.3 is 24.2 Å². The summed E-state index contributed by atoms with van der Waals surface area (Å²) in [5.41, 5.74) is 0.904. The number of carboxylic acid groups (broad SMARTS) is 1. The summed E-state index contributed by atoms with van der Waals surface area (Å²) in [6, 6.07) is 5.38. The predicted molar refractivity (Wildman–Crippen MR) is 129 cm³/mol. The summed E-state index contributed by atoms with van der Waals surface area (Å²) in [6.45, 7) is 9.65. The summed E-state index contributed by atoms with van der Waals surface area (Å²) in [4.78, 5) is 29.8. The van der Waals surface area contributed by atoms with E-state index in [-0.39, 0.29) is 31.2 Å². The molecule has 1 amide bonds. The minimum absolute atomic E-state index is 0.0822. The van der Waals surface area contributed by atoms with Gasteiger partial charge in [-0.1, -0.05) is 32.8 Å². The molecule has 3 rings (SSSR count). The number of carbonyl (C=O) groups is 2. The van der Waals surface area contributed by atoms with Gasteiger partial charge in [0.2, 0.25) is 12.7 Å². The molecule has 0 bridgehead atoms. The van der Waals surface area contributed by atoms with Crippen LogP contribution in [0.5, 0.6) is 11.5 Å². The summed E-state index contributed by atoms with van der Waals surface area (Å²) in [7, 11) is 0. The van der Waals surface area contributed by atoms with E-state index < -0.39 is 11.9 Å². The maximum absolute atomic E-state index is 13.3. The summed E-state index contributed by atoms with van der Waals surface area (Å²) < 4.78 is 16.5. The topological polar surface area (TPSA) is 88.5 Å². The van der Waals surface area contributed by atoms with E-state index in [0.29, 0.717) is 37.7 Å². The van der Waals surface area contributed by atoms with E-state index in [4.69, 9.17) is 14.2 Å². The molecule has 0 spiro atoms. The number of hydrogen-bond donors (Lipinski definition) is 1. The maximum atomic E-state index is 13.3. The number of rotatable bonds is 14. The van der Waals surface area contributed by atoms with Gasteiger partial charge in [-0.15, -0.1) is 0 Å². The third-order valence-corrected chi connectivity index (χ3v) is 6.87. The molecule has 8 heteroatoms. The normalized spacial score (nSPS) is 21.7. The quantitative estimate of drug-likeness (QED) is 0.409. The standard InChI is InChI=1S/C26H40N2O6/c1-4-7-12-27(13-8-5-2)24(29)17-28-16-20(19-9-10-22-23(15-19)34-18-33-22)25(26(30)31)21(28)11-14-32-6-3/h9-10,15,20-21,25H,4-8,11-14,16-18H2,1-3H3,(H,30,31)/t20-,21-,25+/m1/s1. The van der Waals surface area contributed by atoms with Gasteiger partial charge in [0.15, 0.2) is 11.5 Å². The number of aliphatic carboxylic acids is 1. The van der Waals surface area contributed by atoms with Crippen molar-refractivity contribution in [3.63, 3.8) is 0 Å². The van der Waals surface area contributed by atoms with Gasteiger partial charge in [0.1, 0.15) is 0 Å². The summed E-state index contributed by atoms with van der Waals surface area (Å²) >= 11 is 0. The lowest BCUT2D eigenvalue weighted by Crippen LogP contribution is -2.45. The Morgan fingerprint density at radius 3 is 2.47 bits per heavy atom. The summed E-state index contributed by atoms with van der Waals surface area (Å²) in [6.07, 6.45) is 4.58. The van der Waals surface area contributed by atoms with Crippen LogP contribution in [0.25, 0.3) is 0 Å². The van der Waals surface area contributed by atoms with Gasteiger partial charge in [0.05, 0.1) is 12.5 Å². The van der Waals surface area contributed by atoms with E-state index in [1.165, 1.54) is 0 Å². The van der Waals surface area contributed by atoms with Crippen molar-refractivity contribution < 1.29 is 28.9 Å². The fourth-order valence-electron chi connectivity index (χ4n) is 5.02. The van der Waals surface area contributed by atoms with E-state index in [0.717, 1.165) is 44.3 Å². The van der Waals surface area contributed by atoms with Gasteiger partial charge in [-0.05, 0) is 43.9 Å². The number of carboxylic acids is 1. The van der Waals surface area contributed by atoms with Gasteiger partial charge in [0, 0.05) is 44.8 Å². The van der Waals surface area contributed by atoms with Crippen LogP contribution in [0.1, 0.15) is 64.4 Å². The van der Waals surface area contributed by atoms with Crippen LogP contribution in [0.3, 0.4) is 0 Å². The molecule has 1 fully saturated rings. The second-order valence-electron chi connectivity index (χ2n) is 9.15. The first kappa shape index (κ1) is 26.3. The van der Waals surface area contributed by atoms with E-state index >= 15 is 0 Å². The van der Waals surface area contributed by atoms with E-state index in [1.807, 2.05) is 30.0 Å². The zero-order valence-electron chi connectivity index (χ0n) is 20.8. The van der Waals surface area contributed by atoms with Crippen LogP contribution in [0, 0.1) is 5.92 Å². The van der Waals surface area contributed by atoms with Gasteiger partial charge in [-0.3, -0.25) is 14.5 Å². The van der Waals surface area contributed by atoms with E-state index in [2.05, 4.69) is 18.7 Å². The molecule has 2 aliphatic rings. The number of carbonyl (C=O) groups excluding carboxylic acids is 1. The molecule has 190 valence electrons. The van der Waals surface area contributed by atoms with E-state index in [9.17, 15) is 14.7 Å². The lowest BCUT2D eigenvalue weighted by Gasteiger charge is -2.29. The van der Waals surface area contributed by atoms with Crippen molar-refractivity contribution in [3.05, 3.63) is 23.8 Å². The molecule has 1 aromatic carbocycles. The first-order chi connectivity index (χ1) is 16.5. The fraction of sp³-hybridized carbons (Fsp3) is 0.692. The molecule has 0 aromatic heterocycles. The number of amides is 1. The predicted octanol–water partition coefficient (Wildman–Crippen LogP) is 3.74. The van der Waals surface area contributed by atoms with Gasteiger partial charge >= 0.3 is 5.97 Å². The second-order valence-corrected chi connectivity index (χ2v) is 9.15. The maximum Gasteiger partial charge on any atom is 0.308 e. The molecule has 0 radical (unpaired) electrons. The Morgan fingerprint density at radius 1 is 1.12 bits per heavy atom. The number of benzene rings is 1. The lowest BCUT2D eigenvalue weighted by molar-refractivity contribution is -0.144. The van der Waals surface area contributed by atoms with Crippen molar-refractivity contribution in [1.29, 1.82) is 0 Å². The highest BCUT2D eigenvalue weighted by atomic mass is 16.7. The Morgan fingerprint density at radius 2 is 1.82 bits per heavy atom. The molecule has 34 heavy (non-hydrogen) atoms. The highest BCUT2D eigenvalue weighted by molar-refractivity contribution is 5.79. The number of likely N-dealkylation sites (tertiary alicyclic amines) is 1. The Bertz CT molecular complexity index is 808. The van der Waals surface area contributed by atoms with Crippen molar-refractivity contribution in [2.75, 3.05) is 46.2 Å². The molecule has 8 nitrogen and oxygen atoms in total. The minimum Gasteiger partial charge on any atom is -0.481 e. The van der Waals surface area contributed by atoms with Crippen molar-refractivity contribution in [3.8, 4) is 11.5 Å². The Kier molecular flexibility index (Phi) is 10.0. The molecule has 0 saturated carbocycles. The fourth-order valence-corrected chi connectivity index (χ4v) is 5.02. The lowest BCUT2D eigenvalue weighted by atomic mass is 9.84. The second kappa shape index (κ2) is 13.0. The van der Waals surface area contributed by atoms with Crippen molar-refractivity contribution in [1.82, 2.24) is 9.80 Å². The summed E-state index contributed by atoms with van der Waals surface area (Å²) in [5.74, 6) is -0.311. The number of fused-ring (bicyclic) bond motifs is 1. The molecule has 0 unspecified atom stereocenters. The van der Waals surface area contributed by atoms with Crippen molar-refractivity contribution in [2.24, 2.45) is 5.92 Å².